The van der Waals surface area contributed by atoms with Crippen LogP contribution in [-0.2, 0) is 7.05 Å². The average Bonchev–Trinajstić information content (AvgIpc) is 2.68. The van der Waals surface area contributed by atoms with Crippen LogP contribution in [-0.4, -0.2) is 19.7 Å². The number of aryl methyl sites for hydroxylation is 2. The molecule has 0 saturated heterocycles. The van der Waals surface area contributed by atoms with Crippen LogP contribution in [0.4, 0.5) is 0 Å². The summed E-state index contributed by atoms with van der Waals surface area (Å²) in [6, 6.07) is 7.80. The van der Waals surface area contributed by atoms with E-state index in [0.29, 0.717) is 0 Å². The Balaban J connectivity index is 2.40. The summed E-state index contributed by atoms with van der Waals surface area (Å²) in [5.41, 5.74) is 3.89. The molecule has 4 nitrogen and oxygen atoms in total. The summed E-state index contributed by atoms with van der Waals surface area (Å²) in [5.74, 6) is 0. The molecule has 0 aliphatic heterocycles. The van der Waals surface area contributed by atoms with Crippen molar-refractivity contribution >= 4 is 10.9 Å². The van der Waals surface area contributed by atoms with Gasteiger partial charge < -0.3 is 0 Å². The molecule has 0 unspecified atom stereocenters. The van der Waals surface area contributed by atoms with Gasteiger partial charge in [-0.1, -0.05) is 6.07 Å². The summed E-state index contributed by atoms with van der Waals surface area (Å²) in [6.07, 6.45) is 3.58. The minimum absolute atomic E-state index is 0.925. The van der Waals surface area contributed by atoms with Crippen LogP contribution >= 0.6 is 0 Å². The van der Waals surface area contributed by atoms with E-state index in [0.717, 1.165) is 28.0 Å². The number of rotatable bonds is 1. The number of fused-ring (bicyclic) bond motifs is 1. The van der Waals surface area contributed by atoms with Gasteiger partial charge >= 0.3 is 0 Å². The lowest BCUT2D eigenvalue weighted by Gasteiger charge is -2.02. The first kappa shape index (κ1) is 9.96. The van der Waals surface area contributed by atoms with Crippen molar-refractivity contribution in [2.75, 3.05) is 0 Å². The molecule has 0 radical (unpaired) electrons. The zero-order chi connectivity index (χ0) is 11.8. The highest BCUT2D eigenvalue weighted by Gasteiger charge is 2.13. The molecule has 3 aromatic heterocycles. The first-order valence-electron chi connectivity index (χ1n) is 5.47. The van der Waals surface area contributed by atoms with Crippen molar-refractivity contribution in [3.8, 4) is 11.4 Å². The van der Waals surface area contributed by atoms with E-state index >= 15 is 0 Å². The minimum atomic E-state index is 0.925. The van der Waals surface area contributed by atoms with E-state index in [1.54, 1.807) is 12.4 Å². The molecule has 4 heteroatoms. The topological polar surface area (TPSA) is 43.6 Å². The number of hydrogen-bond acceptors (Lipinski definition) is 3. The molecule has 0 aromatic carbocycles. The van der Waals surface area contributed by atoms with Gasteiger partial charge in [0.25, 0.3) is 0 Å². The van der Waals surface area contributed by atoms with Crippen LogP contribution in [0.2, 0.25) is 0 Å². The van der Waals surface area contributed by atoms with E-state index in [9.17, 15) is 0 Å². The van der Waals surface area contributed by atoms with Crippen LogP contribution in [0.5, 0.6) is 0 Å². The quantitative estimate of drug-likeness (QED) is 0.637. The summed E-state index contributed by atoms with van der Waals surface area (Å²) in [5, 5.41) is 5.56. The van der Waals surface area contributed by atoms with Crippen LogP contribution < -0.4 is 0 Å². The highest BCUT2D eigenvalue weighted by molar-refractivity contribution is 5.93. The molecule has 0 bridgehead atoms. The Labute approximate surface area is 98.9 Å². The van der Waals surface area contributed by atoms with Crippen LogP contribution in [0, 0.1) is 6.92 Å². The first-order valence-corrected chi connectivity index (χ1v) is 5.47. The Kier molecular flexibility index (Phi) is 2.14. The Morgan fingerprint density at radius 1 is 1.06 bits per heavy atom. The fourth-order valence-corrected chi connectivity index (χ4v) is 2.10. The van der Waals surface area contributed by atoms with E-state index < -0.39 is 0 Å². The summed E-state index contributed by atoms with van der Waals surface area (Å²) in [6.45, 7) is 2.00. The molecule has 0 atom stereocenters. The van der Waals surface area contributed by atoms with Crippen LogP contribution in [0.3, 0.4) is 0 Å². The number of hydrogen-bond donors (Lipinski definition) is 0. The fraction of sp³-hybridized carbons (Fsp3) is 0.154. The normalized spacial score (nSPS) is 10.9. The van der Waals surface area contributed by atoms with Gasteiger partial charge in [0.2, 0.25) is 0 Å². The lowest BCUT2D eigenvalue weighted by atomic mass is 10.1. The van der Waals surface area contributed by atoms with Gasteiger partial charge in [-0.3, -0.25) is 14.6 Å². The lowest BCUT2D eigenvalue weighted by Crippen LogP contribution is -1.95. The largest absolute Gasteiger partial charge is 0.265 e. The molecular formula is C13H12N4. The van der Waals surface area contributed by atoms with Gasteiger partial charge in [-0.2, -0.15) is 5.10 Å². The Morgan fingerprint density at radius 3 is 2.71 bits per heavy atom. The van der Waals surface area contributed by atoms with E-state index in [1.807, 2.05) is 42.9 Å². The monoisotopic (exact) mass is 224 g/mol. The van der Waals surface area contributed by atoms with Crippen molar-refractivity contribution in [1.82, 2.24) is 19.7 Å². The van der Waals surface area contributed by atoms with E-state index in [2.05, 4.69) is 15.1 Å². The molecule has 17 heavy (non-hydrogen) atoms. The second-order valence-corrected chi connectivity index (χ2v) is 3.98. The molecule has 3 aromatic rings. The fourth-order valence-electron chi connectivity index (χ4n) is 2.10. The number of pyridine rings is 2. The molecule has 84 valence electrons. The predicted octanol–water partition coefficient (Wildman–Crippen LogP) is 2.34. The third-order valence-electron chi connectivity index (χ3n) is 2.84. The molecule has 0 fully saturated rings. The average molecular weight is 224 g/mol. The van der Waals surface area contributed by atoms with Crippen molar-refractivity contribution in [3.05, 3.63) is 42.4 Å². The molecule has 0 saturated carbocycles. The van der Waals surface area contributed by atoms with Gasteiger partial charge in [0.1, 0.15) is 0 Å². The van der Waals surface area contributed by atoms with Gasteiger partial charge in [-0.05, 0) is 25.1 Å². The van der Waals surface area contributed by atoms with Gasteiger partial charge in [-0.15, -0.1) is 0 Å². The van der Waals surface area contributed by atoms with E-state index in [1.165, 1.54) is 0 Å². The van der Waals surface area contributed by atoms with Gasteiger partial charge in [-0.25, -0.2) is 0 Å². The molecule has 0 amide bonds. The van der Waals surface area contributed by atoms with Crippen molar-refractivity contribution in [1.29, 1.82) is 0 Å². The van der Waals surface area contributed by atoms with E-state index in [4.69, 9.17) is 0 Å². The first-order chi connectivity index (χ1) is 8.27. The third-order valence-corrected chi connectivity index (χ3v) is 2.84. The summed E-state index contributed by atoms with van der Waals surface area (Å²) >= 11 is 0. The Morgan fingerprint density at radius 2 is 1.94 bits per heavy atom. The van der Waals surface area contributed by atoms with Crippen molar-refractivity contribution in [2.45, 2.75) is 6.92 Å². The molecule has 0 aliphatic rings. The highest BCUT2D eigenvalue weighted by atomic mass is 15.3. The van der Waals surface area contributed by atoms with Crippen molar-refractivity contribution < 1.29 is 0 Å². The van der Waals surface area contributed by atoms with Gasteiger partial charge in [0.05, 0.1) is 22.3 Å². The second-order valence-electron chi connectivity index (χ2n) is 3.98. The molecule has 0 aliphatic carbocycles. The van der Waals surface area contributed by atoms with Crippen molar-refractivity contribution in [3.63, 3.8) is 0 Å². The highest BCUT2D eigenvalue weighted by Crippen LogP contribution is 2.27. The summed E-state index contributed by atoms with van der Waals surface area (Å²) in [7, 11) is 1.93. The minimum Gasteiger partial charge on any atom is -0.265 e. The second kappa shape index (κ2) is 3.66. The van der Waals surface area contributed by atoms with Gasteiger partial charge in [0, 0.05) is 25.1 Å². The Hall–Kier alpha value is -2.23. The molecule has 0 N–H and O–H groups in total. The van der Waals surface area contributed by atoms with Crippen LogP contribution in [0.15, 0.2) is 36.7 Å². The SMILES string of the molecule is Cc1nccc2nn(C)c(-c3ccccn3)c12. The predicted molar refractivity (Wildman–Crippen MR) is 66.5 cm³/mol. The van der Waals surface area contributed by atoms with Crippen LogP contribution in [0.25, 0.3) is 22.3 Å². The Bertz CT molecular complexity index is 670. The zero-order valence-corrected chi connectivity index (χ0v) is 9.75. The molecule has 3 heterocycles. The van der Waals surface area contributed by atoms with Crippen molar-refractivity contribution in [2.24, 2.45) is 7.05 Å². The smallest absolute Gasteiger partial charge is 0.0964 e. The maximum atomic E-state index is 4.49. The van der Waals surface area contributed by atoms with Crippen LogP contribution in [0.1, 0.15) is 5.69 Å². The maximum absolute atomic E-state index is 4.49. The summed E-state index contributed by atoms with van der Waals surface area (Å²) in [4.78, 5) is 8.71. The van der Waals surface area contributed by atoms with Gasteiger partial charge in [0.15, 0.2) is 0 Å². The standard InChI is InChI=1S/C13H12N4/c1-9-12-10(6-8-14-9)16-17(2)13(12)11-5-3-4-7-15-11/h3-8H,1-2H3. The third kappa shape index (κ3) is 1.49. The molecular weight excluding hydrogens is 212 g/mol. The summed E-state index contributed by atoms with van der Waals surface area (Å²) < 4.78 is 1.86. The number of aromatic nitrogens is 4. The zero-order valence-electron chi connectivity index (χ0n) is 9.75. The lowest BCUT2D eigenvalue weighted by molar-refractivity contribution is 0.785. The van der Waals surface area contributed by atoms with E-state index in [-0.39, 0.29) is 0 Å². The molecule has 0 spiro atoms. The molecule has 3 rings (SSSR count). The maximum Gasteiger partial charge on any atom is 0.0964 e. The number of nitrogens with zero attached hydrogens (tertiary/aromatic N) is 4.